The molecule has 0 unspecified atom stereocenters. The van der Waals surface area contributed by atoms with E-state index in [9.17, 15) is 13.2 Å². The van der Waals surface area contributed by atoms with E-state index >= 15 is 0 Å². The number of hydrogen-bond donors (Lipinski definition) is 1. The number of rotatable bonds is 9. The lowest BCUT2D eigenvalue weighted by Gasteiger charge is -2.10. The molecule has 6 nitrogen and oxygen atoms in total. The number of carbonyl (C=O) groups is 1. The quantitative estimate of drug-likeness (QED) is 0.533. The first-order valence-corrected chi connectivity index (χ1v) is 11.7. The molecule has 3 rings (SSSR count). The number of aromatic nitrogens is 1. The van der Waals surface area contributed by atoms with Crippen LogP contribution < -0.4 is 5.32 Å². The Balaban J connectivity index is 1.83. The summed E-state index contributed by atoms with van der Waals surface area (Å²) in [5.74, 6) is -0.193. The molecule has 0 aliphatic rings. The SMILES string of the molecule is Cc1ccccc1CS(=O)(=O)c1cn(CC(=O)NCCCN(C)C)c2ccccc12. The number of benzene rings is 2. The molecule has 0 radical (unpaired) electrons. The number of amides is 1. The third kappa shape index (κ3) is 5.29. The standard InChI is InChI=1S/C23H29N3O3S/c1-18-9-4-5-10-19(18)17-30(28,29)22-15-26(21-12-7-6-11-20(21)22)16-23(27)24-13-8-14-25(2)3/h4-7,9-12,15H,8,13-14,16-17H2,1-3H3,(H,24,27). The highest BCUT2D eigenvalue weighted by molar-refractivity contribution is 7.90. The van der Waals surface area contributed by atoms with Crippen LogP contribution in [0.25, 0.3) is 10.9 Å². The number of aryl methyl sites for hydroxylation is 1. The molecule has 2 aromatic carbocycles. The van der Waals surface area contributed by atoms with Gasteiger partial charge in [-0.2, -0.15) is 0 Å². The average Bonchev–Trinajstić information content (AvgIpc) is 3.06. The molecule has 160 valence electrons. The summed E-state index contributed by atoms with van der Waals surface area (Å²) < 4.78 is 28.2. The Kier molecular flexibility index (Phi) is 6.95. The summed E-state index contributed by atoms with van der Waals surface area (Å²) in [4.78, 5) is 14.7. The van der Waals surface area contributed by atoms with Crippen molar-refractivity contribution in [2.24, 2.45) is 0 Å². The van der Waals surface area contributed by atoms with Crippen molar-refractivity contribution in [1.82, 2.24) is 14.8 Å². The molecule has 1 heterocycles. The van der Waals surface area contributed by atoms with Gasteiger partial charge >= 0.3 is 0 Å². The van der Waals surface area contributed by atoms with Crippen LogP contribution >= 0.6 is 0 Å². The molecule has 7 heteroatoms. The van der Waals surface area contributed by atoms with E-state index in [0.29, 0.717) is 11.9 Å². The first-order valence-electron chi connectivity index (χ1n) is 10.0. The van der Waals surface area contributed by atoms with E-state index in [4.69, 9.17) is 0 Å². The third-order valence-corrected chi connectivity index (χ3v) is 6.80. The van der Waals surface area contributed by atoms with E-state index in [1.807, 2.05) is 63.5 Å². The fraction of sp³-hybridized carbons (Fsp3) is 0.348. The molecule has 0 fully saturated rings. The smallest absolute Gasteiger partial charge is 0.239 e. The number of sulfone groups is 1. The van der Waals surface area contributed by atoms with Gasteiger partial charge in [-0.1, -0.05) is 42.5 Å². The third-order valence-electron chi connectivity index (χ3n) is 5.11. The van der Waals surface area contributed by atoms with E-state index in [2.05, 4.69) is 10.2 Å². The lowest BCUT2D eigenvalue weighted by molar-refractivity contribution is -0.121. The Labute approximate surface area is 178 Å². The maximum Gasteiger partial charge on any atom is 0.239 e. The van der Waals surface area contributed by atoms with E-state index in [-0.39, 0.29) is 23.1 Å². The van der Waals surface area contributed by atoms with Gasteiger partial charge in [0, 0.05) is 23.6 Å². The molecule has 1 amide bonds. The minimum absolute atomic E-state index is 0.0651. The lowest BCUT2D eigenvalue weighted by Crippen LogP contribution is -2.30. The zero-order valence-electron chi connectivity index (χ0n) is 17.8. The lowest BCUT2D eigenvalue weighted by atomic mass is 10.1. The number of nitrogens with zero attached hydrogens (tertiary/aromatic N) is 2. The normalized spacial score (nSPS) is 11.9. The van der Waals surface area contributed by atoms with E-state index in [1.165, 1.54) is 0 Å². The molecule has 0 aliphatic heterocycles. The Morgan fingerprint density at radius 2 is 1.77 bits per heavy atom. The van der Waals surface area contributed by atoms with Gasteiger partial charge in [0.25, 0.3) is 0 Å². The van der Waals surface area contributed by atoms with Gasteiger partial charge in [0.15, 0.2) is 9.84 Å². The van der Waals surface area contributed by atoms with Crippen molar-refractivity contribution >= 4 is 26.6 Å². The van der Waals surface area contributed by atoms with E-state index in [0.717, 1.165) is 29.6 Å². The first-order chi connectivity index (χ1) is 14.3. The summed E-state index contributed by atoms with van der Waals surface area (Å²) in [6, 6.07) is 14.8. The topological polar surface area (TPSA) is 71.4 Å². The van der Waals surface area contributed by atoms with Gasteiger partial charge in [0.1, 0.15) is 6.54 Å². The van der Waals surface area contributed by atoms with Gasteiger partial charge in [-0.15, -0.1) is 0 Å². The van der Waals surface area contributed by atoms with Crippen molar-refractivity contribution in [3.05, 3.63) is 65.9 Å². The zero-order chi connectivity index (χ0) is 21.7. The minimum Gasteiger partial charge on any atom is -0.355 e. The van der Waals surface area contributed by atoms with Crippen molar-refractivity contribution in [3.8, 4) is 0 Å². The zero-order valence-corrected chi connectivity index (χ0v) is 18.6. The number of nitrogens with one attached hydrogen (secondary N) is 1. The van der Waals surface area contributed by atoms with Crippen molar-refractivity contribution in [2.75, 3.05) is 27.2 Å². The molecule has 0 bridgehead atoms. The first kappa shape index (κ1) is 22.1. The fourth-order valence-corrected chi connectivity index (χ4v) is 5.16. The summed E-state index contributed by atoms with van der Waals surface area (Å²) in [6.45, 7) is 3.49. The molecule has 3 aromatic rings. The molecule has 0 aliphatic carbocycles. The molecule has 30 heavy (non-hydrogen) atoms. The van der Waals surface area contributed by atoms with Crippen LogP contribution in [0.4, 0.5) is 0 Å². The maximum atomic E-state index is 13.2. The van der Waals surface area contributed by atoms with Crippen molar-refractivity contribution in [3.63, 3.8) is 0 Å². The van der Waals surface area contributed by atoms with Gasteiger partial charge in [0.05, 0.1) is 10.6 Å². The van der Waals surface area contributed by atoms with Crippen LogP contribution in [-0.4, -0.2) is 51.0 Å². The van der Waals surface area contributed by atoms with Crippen LogP contribution in [0.5, 0.6) is 0 Å². The highest BCUT2D eigenvalue weighted by Crippen LogP contribution is 2.28. The second-order valence-corrected chi connectivity index (χ2v) is 9.79. The molecular weight excluding hydrogens is 398 g/mol. The van der Waals surface area contributed by atoms with Crippen molar-refractivity contribution in [2.45, 2.75) is 30.5 Å². The molecule has 1 aromatic heterocycles. The molecule has 0 saturated carbocycles. The number of para-hydroxylation sites is 1. The Morgan fingerprint density at radius 1 is 1.07 bits per heavy atom. The summed E-state index contributed by atoms with van der Waals surface area (Å²) in [5.41, 5.74) is 2.47. The van der Waals surface area contributed by atoms with Crippen molar-refractivity contribution in [1.29, 1.82) is 0 Å². The van der Waals surface area contributed by atoms with Gasteiger partial charge in [-0.3, -0.25) is 4.79 Å². The van der Waals surface area contributed by atoms with Crippen LogP contribution in [0.15, 0.2) is 59.6 Å². The summed E-state index contributed by atoms with van der Waals surface area (Å²) in [5, 5.41) is 3.56. The number of fused-ring (bicyclic) bond motifs is 1. The highest BCUT2D eigenvalue weighted by Gasteiger charge is 2.23. The van der Waals surface area contributed by atoms with E-state index < -0.39 is 9.84 Å². The molecule has 1 N–H and O–H groups in total. The van der Waals surface area contributed by atoms with Crippen LogP contribution in [0.1, 0.15) is 17.5 Å². The van der Waals surface area contributed by atoms with Crippen molar-refractivity contribution < 1.29 is 13.2 Å². The highest BCUT2D eigenvalue weighted by atomic mass is 32.2. The van der Waals surface area contributed by atoms with Gasteiger partial charge in [-0.25, -0.2) is 8.42 Å². The van der Waals surface area contributed by atoms with Gasteiger partial charge in [0.2, 0.25) is 5.91 Å². The largest absolute Gasteiger partial charge is 0.355 e. The Hall–Kier alpha value is -2.64. The molecule has 0 spiro atoms. The van der Waals surface area contributed by atoms with Crippen LogP contribution in [0.2, 0.25) is 0 Å². The second-order valence-electron chi connectivity index (χ2n) is 7.83. The summed E-state index contributed by atoms with van der Waals surface area (Å²) >= 11 is 0. The van der Waals surface area contributed by atoms with Crippen LogP contribution in [0.3, 0.4) is 0 Å². The van der Waals surface area contributed by atoms with Gasteiger partial charge in [-0.05, 0) is 51.2 Å². The summed E-state index contributed by atoms with van der Waals surface area (Å²) in [6.07, 6.45) is 2.46. The number of hydrogen-bond acceptors (Lipinski definition) is 4. The maximum absolute atomic E-state index is 13.2. The molecule has 0 saturated heterocycles. The Morgan fingerprint density at radius 3 is 2.50 bits per heavy atom. The average molecular weight is 428 g/mol. The second kappa shape index (κ2) is 9.45. The van der Waals surface area contributed by atoms with E-state index in [1.54, 1.807) is 16.8 Å². The van der Waals surface area contributed by atoms with Crippen LogP contribution in [-0.2, 0) is 26.9 Å². The summed E-state index contributed by atoms with van der Waals surface area (Å²) in [7, 11) is 0.420. The number of carbonyl (C=O) groups excluding carboxylic acids is 1. The Bertz CT molecular complexity index is 1130. The van der Waals surface area contributed by atoms with Crippen LogP contribution in [0, 0.1) is 6.92 Å². The molecular formula is C23H29N3O3S. The van der Waals surface area contributed by atoms with Gasteiger partial charge < -0.3 is 14.8 Å². The fourth-order valence-electron chi connectivity index (χ4n) is 3.48. The predicted octanol–water partition coefficient (Wildman–Crippen LogP) is 2.99. The minimum atomic E-state index is -3.57. The predicted molar refractivity (Wildman–Crippen MR) is 120 cm³/mol. The molecule has 0 atom stereocenters. The monoisotopic (exact) mass is 427 g/mol.